The van der Waals surface area contributed by atoms with E-state index in [1.165, 1.54) is 29.4 Å². The Morgan fingerprint density at radius 1 is 1.31 bits per heavy atom. The van der Waals surface area contributed by atoms with Crippen molar-refractivity contribution in [2.45, 2.75) is 56.1 Å². The van der Waals surface area contributed by atoms with Gasteiger partial charge in [-0.15, -0.1) is 0 Å². The SMILES string of the molecule is CON(c1ccccc1)C1(C(=O)OP(=O)(O)OC[C@H]2O[C@@H](n3cc(/C=C/Br)c(=O)[nH]c3=O)C[C@@H]2O)CCCC1. The number of halogens is 1. The number of aromatic nitrogens is 2. The highest BCUT2D eigenvalue weighted by Gasteiger charge is 2.51. The Balaban J connectivity index is 1.43. The van der Waals surface area contributed by atoms with Gasteiger partial charge in [-0.25, -0.2) is 19.2 Å². The lowest BCUT2D eigenvalue weighted by molar-refractivity contribution is -0.145. The summed E-state index contributed by atoms with van der Waals surface area (Å²) >= 11 is 3.07. The number of phosphoric ester groups is 1. The summed E-state index contributed by atoms with van der Waals surface area (Å²) in [6.45, 7) is -0.606. The Bertz CT molecular complexity index is 1360. The second-order valence-electron chi connectivity index (χ2n) is 9.17. The number of benzene rings is 1. The lowest BCUT2D eigenvalue weighted by Crippen LogP contribution is -2.53. The number of nitrogens with one attached hydrogen (secondary N) is 1. The second-order valence-corrected chi connectivity index (χ2v) is 11.1. The zero-order valence-electron chi connectivity index (χ0n) is 21.0. The van der Waals surface area contributed by atoms with Crippen LogP contribution in [0.15, 0.2) is 51.1 Å². The molecule has 1 aromatic carbocycles. The number of aromatic amines is 1. The Morgan fingerprint density at radius 3 is 2.64 bits per heavy atom. The highest BCUT2D eigenvalue weighted by Crippen LogP contribution is 2.49. The summed E-state index contributed by atoms with van der Waals surface area (Å²) < 4.78 is 29.6. The first-order valence-corrected chi connectivity index (χ1v) is 14.6. The quantitative estimate of drug-likeness (QED) is 0.261. The van der Waals surface area contributed by atoms with Crippen molar-refractivity contribution in [2.24, 2.45) is 0 Å². The maximum atomic E-state index is 13.3. The van der Waals surface area contributed by atoms with E-state index in [2.05, 4.69) is 20.9 Å². The van der Waals surface area contributed by atoms with Gasteiger partial charge in [-0.3, -0.25) is 28.6 Å². The van der Waals surface area contributed by atoms with Gasteiger partial charge in [0.15, 0.2) is 5.54 Å². The highest BCUT2D eigenvalue weighted by molar-refractivity contribution is 9.11. The van der Waals surface area contributed by atoms with Gasteiger partial charge < -0.3 is 14.4 Å². The maximum absolute atomic E-state index is 13.3. The molecule has 0 radical (unpaired) electrons. The minimum Gasteiger partial charge on any atom is -0.390 e. The molecule has 1 unspecified atom stereocenters. The molecule has 1 aliphatic heterocycles. The fourth-order valence-corrected chi connectivity index (χ4v) is 5.91. The second kappa shape index (κ2) is 12.3. The van der Waals surface area contributed by atoms with Crippen molar-refractivity contribution >= 4 is 41.5 Å². The molecule has 13 nitrogen and oxygen atoms in total. The van der Waals surface area contributed by atoms with Crippen LogP contribution in [0.5, 0.6) is 0 Å². The molecule has 212 valence electrons. The van der Waals surface area contributed by atoms with E-state index in [1.807, 2.05) is 6.07 Å². The smallest absolute Gasteiger partial charge is 0.390 e. The monoisotopic (exact) mass is 629 g/mol. The van der Waals surface area contributed by atoms with Gasteiger partial charge in [-0.05, 0) is 36.0 Å². The average Bonchev–Trinajstić information content (AvgIpc) is 3.53. The molecule has 0 bridgehead atoms. The van der Waals surface area contributed by atoms with Crippen LogP contribution in [0, 0.1) is 0 Å². The van der Waals surface area contributed by atoms with E-state index in [4.69, 9.17) is 18.6 Å². The number of aliphatic hydroxyl groups excluding tert-OH is 1. The number of aliphatic hydroxyl groups is 1. The number of nitrogens with zero attached hydrogens (tertiary/aromatic N) is 2. The van der Waals surface area contributed by atoms with Crippen LogP contribution in [0.3, 0.4) is 0 Å². The Kier molecular flexibility index (Phi) is 9.27. The summed E-state index contributed by atoms with van der Waals surface area (Å²) in [6, 6.07) is 8.84. The number of rotatable bonds is 10. The topological polar surface area (TPSA) is 170 Å². The van der Waals surface area contributed by atoms with E-state index < -0.39 is 55.6 Å². The molecule has 0 amide bonds. The molecule has 15 heteroatoms. The third kappa shape index (κ3) is 6.43. The van der Waals surface area contributed by atoms with Crippen molar-refractivity contribution < 1.29 is 38.0 Å². The molecule has 4 rings (SSSR count). The van der Waals surface area contributed by atoms with Gasteiger partial charge in [-0.2, -0.15) is 0 Å². The van der Waals surface area contributed by atoms with Gasteiger partial charge in [0.1, 0.15) is 12.3 Å². The number of carbonyl (C=O) groups excluding carboxylic acids is 1. The van der Waals surface area contributed by atoms with E-state index in [1.54, 1.807) is 24.3 Å². The molecule has 2 heterocycles. The largest absolute Gasteiger partial charge is 0.529 e. The minimum atomic E-state index is -4.94. The van der Waals surface area contributed by atoms with Gasteiger partial charge in [0.2, 0.25) is 0 Å². The third-order valence-corrected chi connectivity index (χ3v) is 7.86. The van der Waals surface area contributed by atoms with Crippen LogP contribution in [0.1, 0.15) is 43.9 Å². The number of hydroxylamine groups is 1. The first kappa shape index (κ1) is 29.4. The summed E-state index contributed by atoms with van der Waals surface area (Å²) in [4.78, 5) is 57.0. The Labute approximate surface area is 231 Å². The zero-order chi connectivity index (χ0) is 28.2. The lowest BCUT2D eigenvalue weighted by Gasteiger charge is -2.38. The molecule has 2 fully saturated rings. The summed E-state index contributed by atoms with van der Waals surface area (Å²) in [5, 5.41) is 11.8. The molecular weight excluding hydrogens is 601 g/mol. The van der Waals surface area contributed by atoms with Crippen LogP contribution in [0.2, 0.25) is 0 Å². The Morgan fingerprint density at radius 2 is 2.00 bits per heavy atom. The fraction of sp³-hybridized carbons (Fsp3) is 0.458. The van der Waals surface area contributed by atoms with Gasteiger partial charge in [0, 0.05) is 12.6 Å². The number of ether oxygens (including phenoxy) is 1. The maximum Gasteiger partial charge on any atom is 0.529 e. The number of anilines is 1. The van der Waals surface area contributed by atoms with Gasteiger partial charge in [-0.1, -0.05) is 47.0 Å². The highest BCUT2D eigenvalue weighted by atomic mass is 79.9. The van der Waals surface area contributed by atoms with Crippen molar-refractivity contribution in [1.82, 2.24) is 9.55 Å². The van der Waals surface area contributed by atoms with Gasteiger partial charge >= 0.3 is 19.5 Å². The van der Waals surface area contributed by atoms with Crippen molar-refractivity contribution in [1.29, 1.82) is 0 Å². The molecule has 0 spiro atoms. The summed E-state index contributed by atoms with van der Waals surface area (Å²) in [5.41, 5.74) is -1.95. The molecule has 2 aromatic rings. The first-order valence-electron chi connectivity index (χ1n) is 12.2. The normalized spacial score (nSPS) is 24.1. The predicted molar refractivity (Wildman–Crippen MR) is 143 cm³/mol. The fourth-order valence-electron chi connectivity index (χ4n) is 4.86. The molecule has 1 aromatic heterocycles. The van der Waals surface area contributed by atoms with Gasteiger partial charge in [0.25, 0.3) is 5.56 Å². The predicted octanol–water partition coefficient (Wildman–Crippen LogP) is 2.59. The van der Waals surface area contributed by atoms with Crippen LogP contribution in [0.4, 0.5) is 5.69 Å². The summed E-state index contributed by atoms with van der Waals surface area (Å²) in [5.74, 6) is -0.977. The number of para-hydroxylation sites is 1. The van der Waals surface area contributed by atoms with E-state index >= 15 is 0 Å². The van der Waals surface area contributed by atoms with E-state index in [9.17, 15) is 28.9 Å². The Hall–Kier alpha value is -2.58. The minimum absolute atomic E-state index is 0.0596. The molecular formula is C24H29BrN3O10P. The van der Waals surface area contributed by atoms with Gasteiger partial charge in [0.05, 0.1) is 31.1 Å². The van der Waals surface area contributed by atoms with Crippen LogP contribution in [-0.2, 0) is 28.0 Å². The van der Waals surface area contributed by atoms with E-state index in [0.29, 0.717) is 31.4 Å². The number of phosphoric acid groups is 1. The van der Waals surface area contributed by atoms with E-state index in [-0.39, 0.29) is 12.0 Å². The number of H-pyrrole nitrogens is 1. The number of hydrogen-bond donors (Lipinski definition) is 3. The van der Waals surface area contributed by atoms with E-state index in [0.717, 1.165) is 4.57 Å². The number of hydrogen-bond acceptors (Lipinski definition) is 10. The van der Waals surface area contributed by atoms with Crippen molar-refractivity contribution in [2.75, 3.05) is 18.8 Å². The zero-order valence-corrected chi connectivity index (χ0v) is 23.5. The first-order chi connectivity index (χ1) is 18.6. The van der Waals surface area contributed by atoms with Crippen LogP contribution < -0.4 is 16.3 Å². The average molecular weight is 630 g/mol. The summed E-state index contributed by atoms with van der Waals surface area (Å²) in [6.07, 6.45) is 1.38. The molecule has 39 heavy (non-hydrogen) atoms. The lowest BCUT2D eigenvalue weighted by atomic mass is 9.96. The third-order valence-electron chi connectivity index (χ3n) is 6.73. The van der Waals surface area contributed by atoms with Crippen molar-refractivity contribution in [3.05, 3.63) is 67.9 Å². The molecule has 2 aliphatic rings. The molecule has 1 saturated carbocycles. The van der Waals surface area contributed by atoms with Crippen molar-refractivity contribution in [3.63, 3.8) is 0 Å². The van der Waals surface area contributed by atoms with Crippen LogP contribution in [0.25, 0.3) is 6.08 Å². The molecule has 1 saturated heterocycles. The molecule has 4 atom stereocenters. The molecule has 3 N–H and O–H groups in total. The van der Waals surface area contributed by atoms with Crippen molar-refractivity contribution in [3.8, 4) is 0 Å². The summed E-state index contributed by atoms with van der Waals surface area (Å²) in [7, 11) is -3.54. The molecule has 1 aliphatic carbocycles. The standard InChI is InChI=1S/C24H29BrN3O10P/c1-35-28(17-7-3-2-4-8-17)24(10-5-6-11-24)22(31)38-39(33,34)36-15-19-18(29)13-20(37-19)27-14-16(9-12-25)21(30)26-23(27)32/h2-4,7-9,12,14,18-20,29H,5-6,10-11,13,15H2,1H3,(H,33,34)(H,26,30,32)/b12-9+/t18-,19+,20+/m0/s1. The van der Waals surface area contributed by atoms with Crippen LogP contribution >= 0.6 is 23.8 Å². The number of carbonyl (C=O) groups is 1. The van der Waals surface area contributed by atoms with Crippen LogP contribution in [-0.4, -0.2) is 57.0 Å².